The Morgan fingerprint density at radius 2 is 1.95 bits per heavy atom. The van der Waals surface area contributed by atoms with Crippen molar-refractivity contribution in [2.75, 3.05) is 17.3 Å². The Hall–Kier alpha value is -1.69. The van der Waals surface area contributed by atoms with Crippen LogP contribution in [0.4, 0.5) is 10.5 Å². The highest BCUT2D eigenvalue weighted by atomic mass is 32.2. The molecule has 20 heavy (non-hydrogen) atoms. The molecule has 0 aliphatic rings. The van der Waals surface area contributed by atoms with Crippen molar-refractivity contribution in [2.24, 2.45) is 5.73 Å². The maximum absolute atomic E-state index is 12.1. The first-order valence-corrected chi connectivity index (χ1v) is 7.91. The van der Waals surface area contributed by atoms with Crippen LogP contribution in [0.5, 0.6) is 0 Å². The predicted octanol–water partition coefficient (Wildman–Crippen LogP) is 1.98. The number of nitrogens with two attached hydrogens (primary N) is 1. The fourth-order valence-electron chi connectivity index (χ4n) is 1.73. The molecule has 0 saturated heterocycles. The van der Waals surface area contributed by atoms with Crippen LogP contribution in [-0.4, -0.2) is 30.0 Å². The van der Waals surface area contributed by atoms with E-state index in [4.69, 9.17) is 5.73 Å². The molecule has 0 aromatic heterocycles. The summed E-state index contributed by atoms with van der Waals surface area (Å²) in [4.78, 5) is 23.1. The Labute approximate surface area is 123 Å². The topological polar surface area (TPSA) is 84.2 Å². The Kier molecular flexibility index (Phi) is 6.93. The van der Waals surface area contributed by atoms with Crippen molar-refractivity contribution in [3.05, 3.63) is 29.8 Å². The summed E-state index contributed by atoms with van der Waals surface area (Å²) in [5, 5.41) is 5.26. The third-order valence-electron chi connectivity index (χ3n) is 2.87. The number of primary amides is 1. The second-order valence-corrected chi connectivity index (χ2v) is 5.37. The number of hydrogen-bond acceptors (Lipinski definition) is 3. The van der Waals surface area contributed by atoms with Crippen LogP contribution >= 0.6 is 11.8 Å². The molecular formula is C14H21N3O2S. The van der Waals surface area contributed by atoms with Gasteiger partial charge >= 0.3 is 6.03 Å². The van der Waals surface area contributed by atoms with Crippen LogP contribution in [0.3, 0.4) is 0 Å². The van der Waals surface area contributed by atoms with Crippen molar-refractivity contribution in [3.63, 3.8) is 0 Å². The van der Waals surface area contributed by atoms with Crippen LogP contribution < -0.4 is 16.4 Å². The molecule has 1 aromatic rings. The van der Waals surface area contributed by atoms with Crippen molar-refractivity contribution in [3.8, 4) is 0 Å². The van der Waals surface area contributed by atoms with Crippen molar-refractivity contribution in [1.29, 1.82) is 0 Å². The number of amides is 3. The van der Waals surface area contributed by atoms with Gasteiger partial charge in [0, 0.05) is 5.69 Å². The standard InChI is InChI=1S/C14H21N3O2S/c1-3-10-4-6-11(7-5-10)16-13(18)12(8-9-20-2)17-14(15)19/h4-7,12H,3,8-9H2,1-2H3,(H,16,18)(H3,15,17,19)/t12-/m0/s1. The van der Waals surface area contributed by atoms with Crippen LogP contribution in [0.2, 0.25) is 0 Å². The number of urea groups is 1. The van der Waals surface area contributed by atoms with Gasteiger partial charge < -0.3 is 16.4 Å². The Balaban J connectivity index is 2.65. The van der Waals surface area contributed by atoms with E-state index in [0.29, 0.717) is 12.1 Å². The van der Waals surface area contributed by atoms with E-state index in [9.17, 15) is 9.59 Å². The maximum Gasteiger partial charge on any atom is 0.312 e. The fourth-order valence-corrected chi connectivity index (χ4v) is 2.20. The highest BCUT2D eigenvalue weighted by Gasteiger charge is 2.19. The molecule has 0 fully saturated rings. The minimum Gasteiger partial charge on any atom is -0.352 e. The zero-order chi connectivity index (χ0) is 15.0. The number of anilines is 1. The lowest BCUT2D eigenvalue weighted by atomic mass is 10.1. The van der Waals surface area contributed by atoms with Crippen LogP contribution in [-0.2, 0) is 11.2 Å². The third-order valence-corrected chi connectivity index (χ3v) is 3.52. The average Bonchev–Trinajstić information content (AvgIpc) is 2.43. The molecule has 1 atom stereocenters. The third kappa shape index (κ3) is 5.52. The van der Waals surface area contributed by atoms with Gasteiger partial charge in [0.1, 0.15) is 6.04 Å². The summed E-state index contributed by atoms with van der Waals surface area (Å²) in [5.74, 6) is 0.523. The average molecular weight is 295 g/mol. The second kappa shape index (κ2) is 8.47. The summed E-state index contributed by atoms with van der Waals surface area (Å²) in [5.41, 5.74) is 7.02. The SMILES string of the molecule is CCc1ccc(NC(=O)[C@H](CCSC)NC(N)=O)cc1. The van der Waals surface area contributed by atoms with E-state index in [-0.39, 0.29) is 5.91 Å². The van der Waals surface area contributed by atoms with Crippen molar-refractivity contribution in [2.45, 2.75) is 25.8 Å². The Morgan fingerprint density at radius 1 is 1.30 bits per heavy atom. The van der Waals surface area contributed by atoms with E-state index < -0.39 is 12.1 Å². The minimum absolute atomic E-state index is 0.248. The molecule has 0 aliphatic carbocycles. The number of nitrogens with one attached hydrogen (secondary N) is 2. The number of thioether (sulfide) groups is 1. The smallest absolute Gasteiger partial charge is 0.312 e. The largest absolute Gasteiger partial charge is 0.352 e. The zero-order valence-electron chi connectivity index (χ0n) is 11.8. The number of rotatable bonds is 7. The second-order valence-electron chi connectivity index (χ2n) is 4.38. The normalized spacial score (nSPS) is 11.7. The van der Waals surface area contributed by atoms with Gasteiger partial charge in [-0.1, -0.05) is 19.1 Å². The van der Waals surface area contributed by atoms with Gasteiger partial charge in [-0.2, -0.15) is 11.8 Å². The molecule has 0 radical (unpaired) electrons. The van der Waals surface area contributed by atoms with E-state index in [1.165, 1.54) is 5.56 Å². The molecule has 6 heteroatoms. The molecule has 0 unspecified atom stereocenters. The number of carbonyl (C=O) groups excluding carboxylic acids is 2. The monoisotopic (exact) mass is 295 g/mol. The molecule has 0 bridgehead atoms. The van der Waals surface area contributed by atoms with E-state index in [1.807, 2.05) is 30.5 Å². The van der Waals surface area contributed by atoms with Crippen LogP contribution in [0.25, 0.3) is 0 Å². The summed E-state index contributed by atoms with van der Waals surface area (Å²) in [6.45, 7) is 2.07. The van der Waals surface area contributed by atoms with Crippen molar-refractivity contribution < 1.29 is 9.59 Å². The summed E-state index contributed by atoms with van der Waals surface area (Å²) < 4.78 is 0. The number of benzene rings is 1. The summed E-state index contributed by atoms with van der Waals surface area (Å²) >= 11 is 1.61. The zero-order valence-corrected chi connectivity index (χ0v) is 12.6. The van der Waals surface area contributed by atoms with Gasteiger partial charge in [0.2, 0.25) is 5.91 Å². The molecule has 110 valence electrons. The highest BCUT2D eigenvalue weighted by molar-refractivity contribution is 7.98. The highest BCUT2D eigenvalue weighted by Crippen LogP contribution is 2.11. The molecule has 0 saturated carbocycles. The van der Waals surface area contributed by atoms with Gasteiger partial charge in [-0.25, -0.2) is 4.79 Å². The van der Waals surface area contributed by atoms with Gasteiger partial charge in [0.25, 0.3) is 0 Å². The quantitative estimate of drug-likeness (QED) is 0.719. The lowest BCUT2D eigenvalue weighted by molar-refractivity contribution is -0.117. The van der Waals surface area contributed by atoms with Gasteiger partial charge in [-0.15, -0.1) is 0 Å². The van der Waals surface area contributed by atoms with Gasteiger partial charge in [-0.05, 0) is 42.5 Å². The molecule has 4 N–H and O–H groups in total. The van der Waals surface area contributed by atoms with Crippen LogP contribution in [0, 0.1) is 0 Å². The fraction of sp³-hybridized carbons (Fsp3) is 0.429. The van der Waals surface area contributed by atoms with E-state index >= 15 is 0 Å². The minimum atomic E-state index is -0.687. The molecule has 3 amide bonds. The van der Waals surface area contributed by atoms with E-state index in [2.05, 4.69) is 17.6 Å². The first-order valence-electron chi connectivity index (χ1n) is 6.51. The van der Waals surface area contributed by atoms with E-state index in [1.54, 1.807) is 11.8 Å². The summed E-state index contributed by atoms with van der Waals surface area (Å²) in [7, 11) is 0. The lowest BCUT2D eigenvalue weighted by Gasteiger charge is -2.17. The summed E-state index contributed by atoms with van der Waals surface area (Å²) in [6, 6.07) is 6.35. The Morgan fingerprint density at radius 3 is 2.45 bits per heavy atom. The maximum atomic E-state index is 12.1. The number of hydrogen-bond donors (Lipinski definition) is 3. The van der Waals surface area contributed by atoms with Gasteiger partial charge in [0.15, 0.2) is 0 Å². The number of aryl methyl sites for hydroxylation is 1. The molecule has 0 heterocycles. The van der Waals surface area contributed by atoms with E-state index in [0.717, 1.165) is 12.2 Å². The Bertz CT molecular complexity index is 448. The predicted molar refractivity (Wildman–Crippen MR) is 84.0 cm³/mol. The number of carbonyl (C=O) groups is 2. The molecule has 0 spiro atoms. The van der Waals surface area contributed by atoms with Crippen molar-refractivity contribution in [1.82, 2.24) is 5.32 Å². The van der Waals surface area contributed by atoms with Crippen LogP contribution in [0.1, 0.15) is 18.9 Å². The first kappa shape index (κ1) is 16.4. The van der Waals surface area contributed by atoms with Gasteiger partial charge in [-0.3, -0.25) is 4.79 Å². The van der Waals surface area contributed by atoms with Crippen LogP contribution in [0.15, 0.2) is 24.3 Å². The molecule has 5 nitrogen and oxygen atoms in total. The molecule has 1 rings (SSSR count). The molecule has 1 aromatic carbocycles. The summed E-state index contributed by atoms with van der Waals surface area (Å²) in [6.07, 6.45) is 3.44. The first-order chi connectivity index (χ1) is 9.56. The van der Waals surface area contributed by atoms with Gasteiger partial charge in [0.05, 0.1) is 0 Å². The van der Waals surface area contributed by atoms with Crippen molar-refractivity contribution >= 4 is 29.4 Å². The lowest BCUT2D eigenvalue weighted by Crippen LogP contribution is -2.46. The molecule has 0 aliphatic heterocycles. The molecular weight excluding hydrogens is 274 g/mol.